The van der Waals surface area contributed by atoms with Gasteiger partial charge in [-0.1, -0.05) is 6.92 Å². The van der Waals surface area contributed by atoms with Crippen molar-refractivity contribution in [1.29, 1.82) is 0 Å². The molecule has 0 aliphatic heterocycles. The summed E-state index contributed by atoms with van der Waals surface area (Å²) in [6.07, 6.45) is -1.23. The monoisotopic (exact) mass is 238 g/mol. The Balaban J connectivity index is 4.68. The fourth-order valence-electron chi connectivity index (χ4n) is 1.26. The van der Waals surface area contributed by atoms with Crippen LogP contribution < -0.4 is 0 Å². The van der Waals surface area contributed by atoms with Gasteiger partial charge < -0.3 is 30.6 Å². The fourth-order valence-corrected chi connectivity index (χ4v) is 1.26. The minimum Gasteiger partial charge on any atom is -0.396 e. The molecule has 0 saturated carbocycles. The lowest BCUT2D eigenvalue weighted by atomic mass is 9.75. The summed E-state index contributed by atoms with van der Waals surface area (Å²) in [7, 11) is 0. The Bertz CT molecular complexity index is 179. The Morgan fingerprint density at radius 2 is 1.19 bits per heavy atom. The standard InChI is InChI=1S/C10H22O6/c1-9(3-11,4-12)8(16)2-10(5-13,6-14)7-15/h8,11-16H,2-7H2,1H3. The third kappa shape index (κ3) is 3.38. The second kappa shape index (κ2) is 6.48. The molecule has 0 rings (SSSR count). The number of hydrogen-bond acceptors (Lipinski definition) is 6. The van der Waals surface area contributed by atoms with E-state index < -0.39 is 50.0 Å². The van der Waals surface area contributed by atoms with Crippen molar-refractivity contribution < 1.29 is 30.6 Å². The lowest BCUT2D eigenvalue weighted by Crippen LogP contribution is -2.46. The highest BCUT2D eigenvalue weighted by Gasteiger charge is 2.39. The highest BCUT2D eigenvalue weighted by atomic mass is 16.3. The smallest absolute Gasteiger partial charge is 0.0645 e. The van der Waals surface area contributed by atoms with E-state index in [4.69, 9.17) is 25.5 Å². The third-order valence-electron chi connectivity index (χ3n) is 3.16. The number of aliphatic hydroxyl groups is 6. The number of hydrogen-bond donors (Lipinski definition) is 6. The molecule has 16 heavy (non-hydrogen) atoms. The molecular weight excluding hydrogens is 216 g/mol. The molecule has 0 fully saturated rings. The molecule has 6 N–H and O–H groups in total. The predicted octanol–water partition coefficient (Wildman–Crippen LogP) is -2.31. The topological polar surface area (TPSA) is 121 Å². The van der Waals surface area contributed by atoms with E-state index in [0.717, 1.165) is 0 Å². The van der Waals surface area contributed by atoms with E-state index >= 15 is 0 Å². The molecule has 1 atom stereocenters. The zero-order valence-electron chi connectivity index (χ0n) is 9.50. The third-order valence-corrected chi connectivity index (χ3v) is 3.16. The van der Waals surface area contributed by atoms with Gasteiger partial charge in [-0.3, -0.25) is 0 Å². The highest BCUT2D eigenvalue weighted by Crippen LogP contribution is 2.31. The summed E-state index contributed by atoms with van der Waals surface area (Å²) < 4.78 is 0. The maximum atomic E-state index is 9.84. The molecule has 0 aliphatic carbocycles. The summed E-state index contributed by atoms with van der Waals surface area (Å²) >= 11 is 0. The first-order valence-corrected chi connectivity index (χ1v) is 5.16. The average Bonchev–Trinajstić information content (AvgIpc) is 2.34. The SMILES string of the molecule is CC(CO)(CO)C(O)CC(CO)(CO)CO. The second-order valence-electron chi connectivity index (χ2n) is 4.66. The maximum absolute atomic E-state index is 9.84. The van der Waals surface area contributed by atoms with Crippen LogP contribution in [0.5, 0.6) is 0 Å². The van der Waals surface area contributed by atoms with Gasteiger partial charge in [0.1, 0.15) is 0 Å². The molecule has 0 aromatic rings. The first-order valence-electron chi connectivity index (χ1n) is 5.16. The van der Waals surface area contributed by atoms with Gasteiger partial charge in [0.15, 0.2) is 0 Å². The van der Waals surface area contributed by atoms with Crippen molar-refractivity contribution in [3.63, 3.8) is 0 Å². The van der Waals surface area contributed by atoms with Crippen LogP contribution in [0, 0.1) is 10.8 Å². The number of aliphatic hydroxyl groups excluding tert-OH is 6. The average molecular weight is 238 g/mol. The van der Waals surface area contributed by atoms with Gasteiger partial charge in [-0.25, -0.2) is 0 Å². The van der Waals surface area contributed by atoms with E-state index in [0.29, 0.717) is 0 Å². The molecule has 0 spiro atoms. The second-order valence-corrected chi connectivity index (χ2v) is 4.66. The minimum atomic E-state index is -1.20. The molecule has 98 valence electrons. The van der Waals surface area contributed by atoms with Gasteiger partial charge in [-0.2, -0.15) is 0 Å². The van der Waals surface area contributed by atoms with Crippen LogP contribution in [0.1, 0.15) is 13.3 Å². The van der Waals surface area contributed by atoms with E-state index in [-0.39, 0.29) is 6.42 Å². The summed E-state index contributed by atoms with van der Waals surface area (Å²) in [5.41, 5.74) is -2.32. The Hall–Kier alpha value is -0.240. The van der Waals surface area contributed by atoms with Crippen molar-refractivity contribution >= 4 is 0 Å². The molecule has 6 nitrogen and oxygen atoms in total. The maximum Gasteiger partial charge on any atom is 0.0645 e. The lowest BCUT2D eigenvalue weighted by molar-refractivity contribution is -0.0912. The molecule has 0 heterocycles. The van der Waals surface area contributed by atoms with Crippen LogP contribution in [0.3, 0.4) is 0 Å². The Labute approximate surface area is 94.8 Å². The van der Waals surface area contributed by atoms with E-state index in [1.54, 1.807) is 0 Å². The Morgan fingerprint density at radius 1 is 0.812 bits per heavy atom. The zero-order valence-corrected chi connectivity index (χ0v) is 9.50. The van der Waals surface area contributed by atoms with Crippen LogP contribution >= 0.6 is 0 Å². The van der Waals surface area contributed by atoms with Crippen LogP contribution in [-0.2, 0) is 0 Å². The normalized spacial score (nSPS) is 15.2. The van der Waals surface area contributed by atoms with Crippen LogP contribution in [0.25, 0.3) is 0 Å². The van der Waals surface area contributed by atoms with Crippen molar-refractivity contribution in [2.24, 2.45) is 10.8 Å². The highest BCUT2D eigenvalue weighted by molar-refractivity contribution is 4.88. The zero-order chi connectivity index (χ0) is 12.8. The van der Waals surface area contributed by atoms with Gasteiger partial charge in [-0.15, -0.1) is 0 Å². The van der Waals surface area contributed by atoms with Crippen molar-refractivity contribution in [3.05, 3.63) is 0 Å². The molecule has 0 aromatic carbocycles. The van der Waals surface area contributed by atoms with Crippen LogP contribution in [0.4, 0.5) is 0 Å². The van der Waals surface area contributed by atoms with E-state index in [9.17, 15) is 5.11 Å². The van der Waals surface area contributed by atoms with E-state index in [2.05, 4.69) is 0 Å². The first-order chi connectivity index (χ1) is 7.43. The van der Waals surface area contributed by atoms with Gasteiger partial charge in [0, 0.05) is 10.8 Å². The van der Waals surface area contributed by atoms with E-state index in [1.165, 1.54) is 6.92 Å². The molecule has 1 unspecified atom stereocenters. The van der Waals surface area contributed by atoms with Crippen LogP contribution in [0.2, 0.25) is 0 Å². The number of rotatable bonds is 8. The minimum absolute atomic E-state index is 0.103. The van der Waals surface area contributed by atoms with Gasteiger partial charge in [-0.05, 0) is 6.42 Å². The molecule has 0 amide bonds. The van der Waals surface area contributed by atoms with Crippen LogP contribution in [-0.4, -0.2) is 69.8 Å². The first kappa shape index (κ1) is 15.8. The largest absolute Gasteiger partial charge is 0.396 e. The van der Waals surface area contributed by atoms with Gasteiger partial charge >= 0.3 is 0 Å². The molecule has 0 aliphatic rings. The van der Waals surface area contributed by atoms with Crippen molar-refractivity contribution in [1.82, 2.24) is 0 Å². The lowest BCUT2D eigenvalue weighted by Gasteiger charge is -2.37. The molecule has 0 saturated heterocycles. The molecule has 0 radical (unpaired) electrons. The predicted molar refractivity (Wildman–Crippen MR) is 56.6 cm³/mol. The van der Waals surface area contributed by atoms with Gasteiger partial charge in [0.25, 0.3) is 0 Å². The molecular formula is C10H22O6. The summed E-state index contributed by atoms with van der Waals surface area (Å²) in [5, 5.41) is 55.2. The van der Waals surface area contributed by atoms with Gasteiger partial charge in [0.2, 0.25) is 0 Å². The van der Waals surface area contributed by atoms with Crippen molar-refractivity contribution in [2.75, 3.05) is 33.0 Å². The Kier molecular flexibility index (Phi) is 6.39. The summed E-state index contributed by atoms with van der Waals surface area (Å²) in [6, 6.07) is 0. The Morgan fingerprint density at radius 3 is 1.44 bits per heavy atom. The molecule has 6 heteroatoms. The van der Waals surface area contributed by atoms with E-state index in [1.807, 2.05) is 0 Å². The quantitative estimate of drug-likeness (QED) is 0.283. The fraction of sp³-hybridized carbons (Fsp3) is 1.00. The van der Waals surface area contributed by atoms with Gasteiger partial charge in [0.05, 0.1) is 39.1 Å². The molecule has 0 aromatic heterocycles. The summed E-state index contributed by atoms with van der Waals surface area (Å²) in [4.78, 5) is 0. The van der Waals surface area contributed by atoms with Crippen LogP contribution in [0.15, 0.2) is 0 Å². The summed E-state index contributed by atoms with van der Waals surface area (Å²) in [6.45, 7) is -0.821. The summed E-state index contributed by atoms with van der Waals surface area (Å²) in [5.74, 6) is 0. The molecule has 0 bridgehead atoms. The van der Waals surface area contributed by atoms with Crippen molar-refractivity contribution in [3.8, 4) is 0 Å². The van der Waals surface area contributed by atoms with Crippen molar-refractivity contribution in [2.45, 2.75) is 19.4 Å².